The van der Waals surface area contributed by atoms with Crippen molar-refractivity contribution in [2.45, 2.75) is 32.2 Å². The number of benzene rings is 1. The lowest BCUT2D eigenvalue weighted by molar-refractivity contribution is -0.146. The van der Waals surface area contributed by atoms with Crippen LogP contribution in [0.3, 0.4) is 0 Å². The third-order valence-corrected chi connectivity index (χ3v) is 6.49. The van der Waals surface area contributed by atoms with Crippen LogP contribution in [0.25, 0.3) is 0 Å². The van der Waals surface area contributed by atoms with Gasteiger partial charge < -0.3 is 10.2 Å². The zero-order valence-corrected chi connectivity index (χ0v) is 17.4. The highest BCUT2D eigenvalue weighted by atomic mass is 32.1. The standard InChI is InChI=1S/C21H22N4O4S/c1-13-20(30-12-23-13)21(29)22-8-15-10-24(9-14-4-2-3-5-16(14)15)19(28)11-25-17(26)6-7-18(25)27/h2-5,12,15H,6-11H2,1H3,(H,22,29). The highest BCUT2D eigenvalue weighted by Gasteiger charge is 2.34. The Hall–Kier alpha value is -3.07. The van der Waals surface area contributed by atoms with E-state index in [9.17, 15) is 19.2 Å². The van der Waals surface area contributed by atoms with Crippen molar-refractivity contribution in [1.82, 2.24) is 20.1 Å². The van der Waals surface area contributed by atoms with Crippen LogP contribution in [0.15, 0.2) is 29.8 Å². The fourth-order valence-corrected chi connectivity index (χ4v) is 4.64. The Morgan fingerprint density at radius 3 is 2.63 bits per heavy atom. The Bertz CT molecular complexity index is 1000. The van der Waals surface area contributed by atoms with Crippen molar-refractivity contribution >= 4 is 35.0 Å². The van der Waals surface area contributed by atoms with Crippen molar-refractivity contribution in [2.24, 2.45) is 0 Å². The molecule has 156 valence electrons. The molecule has 0 radical (unpaired) electrons. The first-order valence-corrected chi connectivity index (χ1v) is 10.7. The Labute approximate surface area is 177 Å². The van der Waals surface area contributed by atoms with E-state index < -0.39 is 0 Å². The smallest absolute Gasteiger partial charge is 0.263 e. The fourth-order valence-electron chi connectivity index (χ4n) is 3.93. The molecule has 0 spiro atoms. The SMILES string of the molecule is Cc1ncsc1C(=O)NCC1CN(C(=O)CN2C(=O)CCC2=O)Cc2ccccc21. The quantitative estimate of drug-likeness (QED) is 0.730. The van der Waals surface area contributed by atoms with Crippen molar-refractivity contribution in [3.63, 3.8) is 0 Å². The zero-order valence-electron chi connectivity index (χ0n) is 16.6. The third kappa shape index (κ3) is 3.97. The number of nitrogens with one attached hydrogen (secondary N) is 1. The lowest BCUT2D eigenvalue weighted by Gasteiger charge is -2.35. The monoisotopic (exact) mass is 426 g/mol. The van der Waals surface area contributed by atoms with E-state index in [4.69, 9.17) is 0 Å². The molecule has 1 aromatic carbocycles. The number of aryl methyl sites for hydroxylation is 1. The molecule has 9 heteroatoms. The first-order valence-electron chi connectivity index (χ1n) is 9.81. The van der Waals surface area contributed by atoms with E-state index in [-0.39, 0.29) is 48.9 Å². The summed E-state index contributed by atoms with van der Waals surface area (Å²) < 4.78 is 0. The van der Waals surface area contributed by atoms with Gasteiger partial charge >= 0.3 is 0 Å². The normalized spacial score (nSPS) is 18.5. The average molecular weight is 426 g/mol. The van der Waals surface area contributed by atoms with Gasteiger partial charge in [-0.15, -0.1) is 11.3 Å². The molecular formula is C21H22N4O4S. The van der Waals surface area contributed by atoms with E-state index in [1.54, 1.807) is 17.3 Å². The summed E-state index contributed by atoms with van der Waals surface area (Å²) in [5.41, 5.74) is 4.43. The number of likely N-dealkylation sites (tertiary alicyclic amines) is 1. The summed E-state index contributed by atoms with van der Waals surface area (Å²) in [4.78, 5) is 56.5. The summed E-state index contributed by atoms with van der Waals surface area (Å²) in [7, 11) is 0. The summed E-state index contributed by atoms with van der Waals surface area (Å²) >= 11 is 1.30. The molecule has 1 fully saturated rings. The molecule has 0 saturated carbocycles. The van der Waals surface area contributed by atoms with E-state index in [0.29, 0.717) is 30.2 Å². The summed E-state index contributed by atoms with van der Waals surface area (Å²) in [6.07, 6.45) is 0.335. The van der Waals surface area contributed by atoms with Gasteiger partial charge in [0.25, 0.3) is 5.91 Å². The van der Waals surface area contributed by atoms with Gasteiger partial charge in [0.2, 0.25) is 17.7 Å². The molecule has 1 aromatic heterocycles. The minimum Gasteiger partial charge on any atom is -0.351 e. The molecular weight excluding hydrogens is 404 g/mol. The van der Waals surface area contributed by atoms with Gasteiger partial charge in [0.05, 0.1) is 11.2 Å². The van der Waals surface area contributed by atoms with E-state index in [0.717, 1.165) is 16.0 Å². The molecule has 0 bridgehead atoms. The van der Waals surface area contributed by atoms with Crippen LogP contribution < -0.4 is 5.32 Å². The van der Waals surface area contributed by atoms with Gasteiger partial charge in [0.1, 0.15) is 11.4 Å². The number of imide groups is 1. The maximum atomic E-state index is 12.9. The maximum Gasteiger partial charge on any atom is 0.263 e. The summed E-state index contributed by atoms with van der Waals surface area (Å²) in [6.45, 7) is 2.78. The van der Waals surface area contributed by atoms with E-state index >= 15 is 0 Å². The number of rotatable bonds is 5. The van der Waals surface area contributed by atoms with Crippen molar-refractivity contribution < 1.29 is 19.2 Å². The largest absolute Gasteiger partial charge is 0.351 e. The molecule has 1 N–H and O–H groups in total. The summed E-state index contributed by atoms with van der Waals surface area (Å²) in [6, 6.07) is 7.83. The number of hydrogen-bond donors (Lipinski definition) is 1. The molecule has 30 heavy (non-hydrogen) atoms. The molecule has 4 rings (SSSR count). The van der Waals surface area contributed by atoms with Crippen LogP contribution in [0, 0.1) is 6.92 Å². The average Bonchev–Trinajstić information content (AvgIpc) is 3.31. The molecule has 4 amide bonds. The van der Waals surface area contributed by atoms with Gasteiger partial charge in [0.15, 0.2) is 0 Å². The number of fused-ring (bicyclic) bond motifs is 1. The molecule has 0 aliphatic carbocycles. The number of aromatic nitrogens is 1. The number of carbonyl (C=O) groups is 4. The van der Waals surface area contributed by atoms with Gasteiger partial charge in [-0.2, -0.15) is 0 Å². The molecule has 2 aliphatic heterocycles. The van der Waals surface area contributed by atoms with Crippen LogP contribution in [-0.2, 0) is 20.9 Å². The van der Waals surface area contributed by atoms with Gasteiger partial charge in [-0.25, -0.2) is 4.98 Å². The number of amides is 4. The van der Waals surface area contributed by atoms with Gasteiger partial charge in [-0.3, -0.25) is 24.1 Å². The lowest BCUT2D eigenvalue weighted by Crippen LogP contribution is -2.46. The number of nitrogens with zero attached hydrogens (tertiary/aromatic N) is 3. The van der Waals surface area contributed by atoms with Crippen molar-refractivity contribution in [3.8, 4) is 0 Å². The second kappa shape index (κ2) is 8.35. The van der Waals surface area contributed by atoms with Crippen LogP contribution in [0.2, 0.25) is 0 Å². The van der Waals surface area contributed by atoms with Crippen LogP contribution in [0.5, 0.6) is 0 Å². The van der Waals surface area contributed by atoms with Gasteiger partial charge in [-0.05, 0) is 18.1 Å². The minimum atomic E-state index is -0.297. The number of thiazole rings is 1. The van der Waals surface area contributed by atoms with Crippen molar-refractivity contribution in [1.29, 1.82) is 0 Å². The van der Waals surface area contributed by atoms with Crippen LogP contribution in [0.4, 0.5) is 0 Å². The second-order valence-corrected chi connectivity index (χ2v) is 8.38. The topological polar surface area (TPSA) is 99.7 Å². The Morgan fingerprint density at radius 2 is 1.93 bits per heavy atom. The summed E-state index contributed by atoms with van der Waals surface area (Å²) in [5, 5.41) is 2.96. The van der Waals surface area contributed by atoms with E-state index in [1.807, 2.05) is 24.3 Å². The first-order chi connectivity index (χ1) is 14.4. The highest BCUT2D eigenvalue weighted by molar-refractivity contribution is 7.11. The molecule has 1 unspecified atom stereocenters. The van der Waals surface area contributed by atoms with E-state index in [2.05, 4.69) is 10.3 Å². The molecule has 8 nitrogen and oxygen atoms in total. The van der Waals surface area contributed by atoms with E-state index in [1.165, 1.54) is 11.3 Å². The second-order valence-electron chi connectivity index (χ2n) is 7.52. The Morgan fingerprint density at radius 1 is 1.20 bits per heavy atom. The van der Waals surface area contributed by atoms with Crippen LogP contribution >= 0.6 is 11.3 Å². The number of hydrogen-bond acceptors (Lipinski definition) is 6. The van der Waals surface area contributed by atoms with Gasteiger partial charge in [-0.1, -0.05) is 24.3 Å². The lowest BCUT2D eigenvalue weighted by atomic mass is 9.89. The van der Waals surface area contributed by atoms with Crippen LogP contribution in [0.1, 0.15) is 45.3 Å². The first kappa shape index (κ1) is 20.2. The zero-order chi connectivity index (χ0) is 21.3. The third-order valence-electron chi connectivity index (χ3n) is 5.56. The van der Waals surface area contributed by atoms with Crippen molar-refractivity contribution in [2.75, 3.05) is 19.6 Å². The van der Waals surface area contributed by atoms with Gasteiger partial charge in [0, 0.05) is 38.4 Å². The molecule has 2 aliphatic rings. The fraction of sp³-hybridized carbons (Fsp3) is 0.381. The molecule has 1 saturated heterocycles. The maximum absolute atomic E-state index is 12.9. The molecule has 2 aromatic rings. The minimum absolute atomic E-state index is 0.0824. The number of carbonyl (C=O) groups excluding carboxylic acids is 4. The van der Waals surface area contributed by atoms with Crippen molar-refractivity contribution in [3.05, 3.63) is 51.5 Å². The molecule has 1 atom stereocenters. The highest BCUT2D eigenvalue weighted by Crippen LogP contribution is 2.28. The predicted molar refractivity (Wildman–Crippen MR) is 110 cm³/mol. The van der Waals surface area contributed by atoms with Crippen LogP contribution in [-0.4, -0.2) is 58.0 Å². The Kier molecular flexibility index (Phi) is 5.63. The predicted octanol–water partition coefficient (Wildman–Crippen LogP) is 1.46. The summed E-state index contributed by atoms with van der Waals surface area (Å²) in [5.74, 6) is -1.11. The Balaban J connectivity index is 1.47. The molecule has 3 heterocycles.